The van der Waals surface area contributed by atoms with Crippen LogP contribution in [0, 0.1) is 17.1 Å². The van der Waals surface area contributed by atoms with E-state index in [1.165, 1.54) is 24.8 Å². The molecule has 0 aliphatic rings. The molecular formula is C22H20Cl2FN5O. The van der Waals surface area contributed by atoms with Gasteiger partial charge in [0, 0.05) is 17.0 Å². The molecule has 0 saturated carbocycles. The van der Waals surface area contributed by atoms with Crippen molar-refractivity contribution in [1.82, 2.24) is 19.7 Å². The van der Waals surface area contributed by atoms with Crippen molar-refractivity contribution in [2.45, 2.75) is 25.0 Å². The van der Waals surface area contributed by atoms with Gasteiger partial charge < -0.3 is 5.11 Å². The van der Waals surface area contributed by atoms with E-state index in [0.717, 1.165) is 10.9 Å². The van der Waals surface area contributed by atoms with Crippen LogP contribution in [0.1, 0.15) is 29.7 Å². The van der Waals surface area contributed by atoms with Crippen LogP contribution in [0.15, 0.2) is 67.3 Å². The van der Waals surface area contributed by atoms with Crippen molar-refractivity contribution in [3.05, 3.63) is 89.9 Å². The summed E-state index contributed by atoms with van der Waals surface area (Å²) in [4.78, 5) is 8.64. The molecule has 0 aliphatic heterocycles. The van der Waals surface area contributed by atoms with Gasteiger partial charge in [-0.2, -0.15) is 10.4 Å². The molecule has 160 valence electrons. The number of aromatic nitrogens is 4. The number of benzene rings is 2. The lowest BCUT2D eigenvalue weighted by Crippen LogP contribution is -2.37. The molecule has 1 N–H and O–H groups in total. The molecule has 0 bridgehead atoms. The van der Waals surface area contributed by atoms with Crippen LogP contribution in [-0.4, -0.2) is 24.9 Å². The van der Waals surface area contributed by atoms with Gasteiger partial charge in [-0.25, -0.2) is 14.1 Å². The van der Waals surface area contributed by atoms with Crippen LogP contribution in [0.5, 0.6) is 0 Å². The number of rotatable bonds is 5. The van der Waals surface area contributed by atoms with E-state index in [9.17, 15) is 9.50 Å². The zero-order chi connectivity index (χ0) is 20.4. The van der Waals surface area contributed by atoms with E-state index in [0.29, 0.717) is 16.8 Å². The van der Waals surface area contributed by atoms with Crippen molar-refractivity contribution in [2.75, 3.05) is 0 Å². The first kappa shape index (κ1) is 24.2. The molecule has 2 unspecified atom stereocenters. The third kappa shape index (κ3) is 4.83. The molecule has 0 aliphatic carbocycles. The molecule has 2 heterocycles. The predicted octanol–water partition coefficient (Wildman–Crippen LogP) is 4.37. The van der Waals surface area contributed by atoms with Gasteiger partial charge in [-0.05, 0) is 42.0 Å². The smallest absolute Gasteiger partial charge is 0.137 e. The largest absolute Gasteiger partial charge is 0.383 e. The predicted molar refractivity (Wildman–Crippen MR) is 120 cm³/mol. The Balaban J connectivity index is 0.00000171. The molecule has 2 aromatic carbocycles. The third-order valence-electron chi connectivity index (χ3n) is 5.21. The lowest BCUT2D eigenvalue weighted by molar-refractivity contribution is -0.00909. The number of hydrogen-bond acceptors (Lipinski definition) is 5. The van der Waals surface area contributed by atoms with Crippen molar-refractivity contribution in [3.8, 4) is 6.07 Å². The number of aliphatic hydroxyl groups is 1. The van der Waals surface area contributed by atoms with Gasteiger partial charge in [0.2, 0.25) is 0 Å². The van der Waals surface area contributed by atoms with E-state index in [-0.39, 0.29) is 37.2 Å². The van der Waals surface area contributed by atoms with Gasteiger partial charge in [0.15, 0.2) is 0 Å². The Kier molecular flexibility index (Phi) is 7.69. The van der Waals surface area contributed by atoms with Crippen LogP contribution in [0.2, 0.25) is 0 Å². The summed E-state index contributed by atoms with van der Waals surface area (Å²) >= 11 is 0. The van der Waals surface area contributed by atoms with Crippen molar-refractivity contribution in [2.24, 2.45) is 0 Å². The van der Waals surface area contributed by atoms with Gasteiger partial charge >= 0.3 is 0 Å². The second kappa shape index (κ2) is 9.84. The Morgan fingerprint density at radius 3 is 2.52 bits per heavy atom. The summed E-state index contributed by atoms with van der Waals surface area (Å²) in [5, 5.41) is 25.8. The number of fused-ring (bicyclic) bond motifs is 1. The normalized spacial score (nSPS) is 13.4. The molecule has 6 nitrogen and oxygen atoms in total. The highest BCUT2D eigenvalue weighted by atomic mass is 35.5. The molecule has 0 saturated heterocycles. The second-order valence-electron chi connectivity index (χ2n) is 7.00. The topological polar surface area (TPSA) is 87.6 Å². The number of nitriles is 1. The lowest BCUT2D eigenvalue weighted by atomic mass is 9.80. The van der Waals surface area contributed by atoms with Crippen LogP contribution in [-0.2, 0) is 12.1 Å². The van der Waals surface area contributed by atoms with Crippen LogP contribution in [0.4, 0.5) is 4.39 Å². The summed E-state index contributed by atoms with van der Waals surface area (Å²) in [5.41, 5.74) is 1.14. The highest BCUT2D eigenvalue weighted by molar-refractivity contribution is 5.85. The Labute approximate surface area is 191 Å². The molecular weight excluding hydrogens is 440 g/mol. The van der Waals surface area contributed by atoms with E-state index >= 15 is 0 Å². The first-order valence-electron chi connectivity index (χ1n) is 9.11. The fourth-order valence-corrected chi connectivity index (χ4v) is 3.47. The minimum absolute atomic E-state index is 0. The van der Waals surface area contributed by atoms with Gasteiger partial charge in [0.1, 0.15) is 24.1 Å². The molecule has 0 radical (unpaired) electrons. The lowest BCUT2D eigenvalue weighted by Gasteiger charge is -2.34. The average molecular weight is 460 g/mol. The average Bonchev–Trinajstić information content (AvgIpc) is 3.25. The number of pyridine rings is 1. The highest BCUT2D eigenvalue weighted by Gasteiger charge is 2.38. The summed E-state index contributed by atoms with van der Waals surface area (Å²) < 4.78 is 15.0. The maximum Gasteiger partial charge on any atom is 0.137 e. The monoisotopic (exact) mass is 459 g/mol. The maximum atomic E-state index is 13.5. The Morgan fingerprint density at radius 2 is 1.87 bits per heavy atom. The standard InChI is InChI=1S/C22H18FN5O.2ClH/c1-15(20-9-3-17-10-16(11-24)2-8-21(17)27-20)22(29,12-28-14-25-13-26-28)18-4-6-19(23)7-5-18;;/h2-10,13-15,29H,12H2,1H3;2*1H. The van der Waals surface area contributed by atoms with E-state index < -0.39 is 11.5 Å². The number of nitrogens with zero attached hydrogens (tertiary/aromatic N) is 5. The second-order valence-corrected chi connectivity index (χ2v) is 7.00. The van der Waals surface area contributed by atoms with Crippen LogP contribution < -0.4 is 0 Å². The summed E-state index contributed by atoms with van der Waals surface area (Å²) in [5.74, 6) is -0.807. The first-order chi connectivity index (χ1) is 14.0. The van der Waals surface area contributed by atoms with E-state index in [1.54, 1.807) is 35.0 Å². The number of halogens is 3. The van der Waals surface area contributed by atoms with Crippen LogP contribution >= 0.6 is 24.8 Å². The van der Waals surface area contributed by atoms with Crippen LogP contribution in [0.3, 0.4) is 0 Å². The van der Waals surface area contributed by atoms with E-state index in [1.807, 2.05) is 19.1 Å². The van der Waals surface area contributed by atoms with Gasteiger partial charge in [-0.1, -0.05) is 25.1 Å². The quantitative estimate of drug-likeness (QED) is 0.478. The van der Waals surface area contributed by atoms with Crippen molar-refractivity contribution < 1.29 is 9.50 Å². The maximum absolute atomic E-state index is 13.5. The third-order valence-corrected chi connectivity index (χ3v) is 5.21. The first-order valence-corrected chi connectivity index (χ1v) is 9.11. The molecule has 2 atom stereocenters. The van der Waals surface area contributed by atoms with Crippen molar-refractivity contribution in [3.63, 3.8) is 0 Å². The summed E-state index contributed by atoms with van der Waals surface area (Å²) in [7, 11) is 0. The van der Waals surface area contributed by atoms with Crippen LogP contribution in [0.25, 0.3) is 10.9 Å². The number of hydrogen-bond donors (Lipinski definition) is 1. The van der Waals surface area contributed by atoms with Crippen molar-refractivity contribution in [1.29, 1.82) is 5.26 Å². The minimum atomic E-state index is -1.39. The summed E-state index contributed by atoms with van der Waals surface area (Å²) in [6, 6.07) is 16.9. The molecule has 4 rings (SSSR count). The molecule has 0 spiro atoms. The SMILES string of the molecule is CC(c1ccc2cc(C#N)ccc2n1)C(O)(Cn1cncn1)c1ccc(F)cc1.Cl.Cl. The summed E-state index contributed by atoms with van der Waals surface area (Å²) in [6.45, 7) is 2.00. The molecule has 4 aromatic rings. The Bertz CT molecular complexity index is 1190. The van der Waals surface area contributed by atoms with Crippen molar-refractivity contribution >= 4 is 35.7 Å². The molecule has 31 heavy (non-hydrogen) atoms. The van der Waals surface area contributed by atoms with Gasteiger partial charge in [0.25, 0.3) is 0 Å². The molecule has 0 amide bonds. The Hall–Kier alpha value is -3.05. The molecule has 9 heteroatoms. The van der Waals surface area contributed by atoms with E-state index in [2.05, 4.69) is 16.2 Å². The highest BCUT2D eigenvalue weighted by Crippen LogP contribution is 2.38. The fraction of sp³-hybridized carbons (Fsp3) is 0.182. The zero-order valence-corrected chi connectivity index (χ0v) is 18.1. The fourth-order valence-electron chi connectivity index (χ4n) is 3.47. The van der Waals surface area contributed by atoms with Gasteiger partial charge in [-0.15, -0.1) is 24.8 Å². The van der Waals surface area contributed by atoms with E-state index in [4.69, 9.17) is 10.2 Å². The zero-order valence-electron chi connectivity index (χ0n) is 16.5. The Morgan fingerprint density at radius 1 is 1.13 bits per heavy atom. The van der Waals surface area contributed by atoms with Gasteiger partial charge in [0.05, 0.1) is 23.7 Å². The molecule has 2 aromatic heterocycles. The van der Waals surface area contributed by atoms with Gasteiger partial charge in [-0.3, -0.25) is 4.98 Å². The molecule has 0 fully saturated rings. The summed E-state index contributed by atoms with van der Waals surface area (Å²) in [6.07, 6.45) is 2.93. The minimum Gasteiger partial charge on any atom is -0.383 e.